The summed E-state index contributed by atoms with van der Waals surface area (Å²) in [5.74, 6) is 1.77. The van der Waals surface area contributed by atoms with Gasteiger partial charge in [-0.05, 0) is 73.3 Å². The predicted octanol–water partition coefficient (Wildman–Crippen LogP) is 5.49. The summed E-state index contributed by atoms with van der Waals surface area (Å²) >= 11 is 7.39. The molecule has 1 aromatic heterocycles. The molecular weight excluding hydrogens is 468 g/mol. The number of benzene rings is 2. The fourth-order valence-corrected chi connectivity index (χ4v) is 4.71. The highest BCUT2D eigenvalue weighted by atomic mass is 32.2. The van der Waals surface area contributed by atoms with Crippen LogP contribution in [0.5, 0.6) is 11.5 Å². The van der Waals surface area contributed by atoms with Crippen molar-refractivity contribution in [3.05, 3.63) is 59.6 Å². The second-order valence-corrected chi connectivity index (χ2v) is 9.74. The van der Waals surface area contributed by atoms with Crippen molar-refractivity contribution >= 4 is 34.7 Å². The maximum atomic E-state index is 10.4. The zero-order chi connectivity index (χ0) is 24.4. The number of methoxy groups -OCH3 is 1. The van der Waals surface area contributed by atoms with Gasteiger partial charge in [-0.3, -0.25) is 0 Å². The first-order chi connectivity index (χ1) is 16.3. The maximum absolute atomic E-state index is 10.4. The molecule has 0 radical (unpaired) electrons. The number of aromatic nitrogens is 2. The Morgan fingerprint density at radius 3 is 2.59 bits per heavy atom. The van der Waals surface area contributed by atoms with E-state index in [1.807, 2.05) is 43.5 Å². The minimum Gasteiger partial charge on any atom is -0.504 e. The van der Waals surface area contributed by atoms with Crippen LogP contribution in [0.25, 0.3) is 17.0 Å². The van der Waals surface area contributed by atoms with Crippen molar-refractivity contribution in [1.82, 2.24) is 20.4 Å². The molecule has 4 rings (SSSR count). The Labute approximate surface area is 209 Å². The van der Waals surface area contributed by atoms with Gasteiger partial charge in [0, 0.05) is 22.7 Å². The SMILES string of the molecule is COc1ccc(C2NC(=S)N(CC(C)C)C(C)=C2c2nc(-c3ccc(SC)cc3)no2)cc1O. The summed E-state index contributed by atoms with van der Waals surface area (Å²) in [6.45, 7) is 7.05. The molecule has 1 atom stereocenters. The van der Waals surface area contributed by atoms with Crippen LogP contribution in [0.2, 0.25) is 0 Å². The van der Waals surface area contributed by atoms with Gasteiger partial charge in [-0.2, -0.15) is 4.98 Å². The van der Waals surface area contributed by atoms with E-state index in [4.69, 9.17) is 26.5 Å². The van der Waals surface area contributed by atoms with Crippen LogP contribution in [-0.4, -0.2) is 45.2 Å². The van der Waals surface area contributed by atoms with Gasteiger partial charge in [0.25, 0.3) is 5.89 Å². The molecule has 7 nitrogen and oxygen atoms in total. The number of hydrogen-bond donors (Lipinski definition) is 2. The third-order valence-corrected chi connectivity index (χ3v) is 6.77. The number of ether oxygens (including phenoxy) is 1. The summed E-state index contributed by atoms with van der Waals surface area (Å²) in [7, 11) is 1.52. The Hall–Kier alpha value is -3.04. The Bertz CT molecular complexity index is 1220. The van der Waals surface area contributed by atoms with Crippen LogP contribution < -0.4 is 10.1 Å². The summed E-state index contributed by atoms with van der Waals surface area (Å²) in [6.07, 6.45) is 2.04. The number of allylic oxidation sites excluding steroid dienone is 1. The van der Waals surface area contributed by atoms with Crippen molar-refractivity contribution in [2.45, 2.75) is 31.7 Å². The van der Waals surface area contributed by atoms with Crippen LogP contribution in [0.3, 0.4) is 0 Å². The highest BCUT2D eigenvalue weighted by molar-refractivity contribution is 7.98. The first-order valence-corrected chi connectivity index (χ1v) is 12.6. The second kappa shape index (κ2) is 10.1. The van der Waals surface area contributed by atoms with E-state index in [-0.39, 0.29) is 11.8 Å². The molecule has 0 saturated carbocycles. The molecule has 1 aliphatic rings. The highest BCUT2D eigenvalue weighted by Crippen LogP contribution is 2.40. The number of aromatic hydroxyl groups is 1. The van der Waals surface area contributed by atoms with Gasteiger partial charge >= 0.3 is 0 Å². The number of nitrogens with zero attached hydrogens (tertiary/aromatic N) is 3. The lowest BCUT2D eigenvalue weighted by Gasteiger charge is -2.38. The molecule has 34 heavy (non-hydrogen) atoms. The molecule has 9 heteroatoms. The molecule has 1 unspecified atom stereocenters. The lowest BCUT2D eigenvalue weighted by molar-refractivity contribution is 0.371. The second-order valence-electron chi connectivity index (χ2n) is 8.47. The van der Waals surface area contributed by atoms with Crippen molar-refractivity contribution in [2.75, 3.05) is 19.9 Å². The Kier molecular flexibility index (Phi) is 7.13. The van der Waals surface area contributed by atoms with Crippen molar-refractivity contribution in [2.24, 2.45) is 5.92 Å². The normalized spacial score (nSPS) is 16.2. The van der Waals surface area contributed by atoms with Crippen LogP contribution in [0.15, 0.2) is 57.6 Å². The summed E-state index contributed by atoms with van der Waals surface area (Å²) in [5.41, 5.74) is 3.44. The number of thiocarbonyl (C=S) groups is 1. The zero-order valence-corrected chi connectivity index (χ0v) is 21.5. The third-order valence-electron chi connectivity index (χ3n) is 5.68. The quantitative estimate of drug-likeness (QED) is 0.326. The molecular formula is C25H28N4O3S2. The average Bonchev–Trinajstić information content (AvgIpc) is 3.31. The van der Waals surface area contributed by atoms with Gasteiger partial charge in [0.05, 0.1) is 18.7 Å². The molecule has 1 aliphatic heterocycles. The summed E-state index contributed by atoms with van der Waals surface area (Å²) < 4.78 is 11.0. The topological polar surface area (TPSA) is 83.7 Å². The molecule has 178 valence electrons. The minimum atomic E-state index is -0.375. The van der Waals surface area contributed by atoms with E-state index in [9.17, 15) is 5.11 Å². The molecule has 0 amide bonds. The van der Waals surface area contributed by atoms with Gasteiger partial charge in [0.1, 0.15) is 0 Å². The van der Waals surface area contributed by atoms with Gasteiger partial charge in [-0.1, -0.05) is 25.1 Å². The molecule has 2 aromatic carbocycles. The van der Waals surface area contributed by atoms with Gasteiger partial charge in [-0.15, -0.1) is 11.8 Å². The minimum absolute atomic E-state index is 0.0504. The molecule has 0 spiro atoms. The largest absolute Gasteiger partial charge is 0.504 e. The number of thioether (sulfide) groups is 1. The molecule has 3 aromatic rings. The van der Waals surface area contributed by atoms with E-state index in [2.05, 4.69) is 29.2 Å². The highest BCUT2D eigenvalue weighted by Gasteiger charge is 2.34. The lowest BCUT2D eigenvalue weighted by atomic mass is 9.94. The molecule has 2 heterocycles. The van der Waals surface area contributed by atoms with Crippen LogP contribution in [0.4, 0.5) is 0 Å². The monoisotopic (exact) mass is 496 g/mol. The fourth-order valence-electron chi connectivity index (χ4n) is 3.97. The van der Waals surface area contributed by atoms with E-state index < -0.39 is 0 Å². The van der Waals surface area contributed by atoms with Gasteiger partial charge in [0.2, 0.25) is 5.82 Å². The van der Waals surface area contributed by atoms with Crippen LogP contribution in [0.1, 0.15) is 38.3 Å². The lowest BCUT2D eigenvalue weighted by Crippen LogP contribution is -2.47. The molecule has 2 N–H and O–H groups in total. The van der Waals surface area contributed by atoms with Crippen LogP contribution >= 0.6 is 24.0 Å². The van der Waals surface area contributed by atoms with Gasteiger partial charge in [-0.25, -0.2) is 0 Å². The summed E-state index contributed by atoms with van der Waals surface area (Å²) in [5, 5.41) is 18.7. The standard InChI is InChI=1S/C25H28N4O3S2/c1-14(2)13-29-15(3)21(22(26-25(29)33)17-8-11-20(31-4)19(30)12-17)24-27-23(28-32-24)16-6-9-18(34-5)10-7-16/h6-12,14,22,30H,13H2,1-5H3,(H,26,33). The number of phenolic OH excluding ortho intramolecular Hbond substituents is 1. The molecule has 0 fully saturated rings. The molecule has 0 saturated heterocycles. The zero-order valence-electron chi connectivity index (χ0n) is 19.8. The first-order valence-electron chi connectivity index (χ1n) is 11.0. The maximum Gasteiger partial charge on any atom is 0.258 e. The molecule has 0 bridgehead atoms. The Balaban J connectivity index is 1.80. The van der Waals surface area contributed by atoms with Crippen molar-refractivity contribution in [1.29, 1.82) is 0 Å². The Morgan fingerprint density at radius 1 is 1.24 bits per heavy atom. The first kappa shape index (κ1) is 24.1. The van der Waals surface area contributed by atoms with E-state index in [1.54, 1.807) is 23.9 Å². The smallest absolute Gasteiger partial charge is 0.258 e. The third kappa shape index (κ3) is 4.76. The van der Waals surface area contributed by atoms with E-state index in [1.165, 1.54) is 12.0 Å². The van der Waals surface area contributed by atoms with Crippen LogP contribution in [-0.2, 0) is 0 Å². The number of nitrogens with one attached hydrogen (secondary N) is 1. The van der Waals surface area contributed by atoms with E-state index in [0.717, 1.165) is 28.9 Å². The molecule has 0 aliphatic carbocycles. The van der Waals surface area contributed by atoms with Gasteiger partial charge < -0.3 is 24.6 Å². The Morgan fingerprint density at radius 2 is 1.97 bits per heavy atom. The van der Waals surface area contributed by atoms with E-state index in [0.29, 0.717) is 28.5 Å². The van der Waals surface area contributed by atoms with Crippen molar-refractivity contribution < 1.29 is 14.4 Å². The summed E-state index contributed by atoms with van der Waals surface area (Å²) in [4.78, 5) is 7.97. The number of hydrogen-bond acceptors (Lipinski definition) is 7. The predicted molar refractivity (Wildman–Crippen MR) is 139 cm³/mol. The number of phenols is 1. The fraction of sp³-hybridized carbons (Fsp3) is 0.320. The van der Waals surface area contributed by atoms with Gasteiger partial charge in [0.15, 0.2) is 16.6 Å². The van der Waals surface area contributed by atoms with E-state index >= 15 is 0 Å². The summed E-state index contributed by atoms with van der Waals surface area (Å²) in [6, 6.07) is 13.0. The number of rotatable bonds is 7. The van der Waals surface area contributed by atoms with Crippen molar-refractivity contribution in [3.63, 3.8) is 0 Å². The average molecular weight is 497 g/mol. The van der Waals surface area contributed by atoms with Crippen molar-refractivity contribution in [3.8, 4) is 22.9 Å². The van der Waals surface area contributed by atoms with Crippen LogP contribution in [0, 0.1) is 5.92 Å².